The second-order valence-corrected chi connectivity index (χ2v) is 9.72. The van der Waals surface area contributed by atoms with Crippen molar-refractivity contribution >= 4 is 49.9 Å². The van der Waals surface area contributed by atoms with Gasteiger partial charge in [-0.25, -0.2) is 8.42 Å². The van der Waals surface area contributed by atoms with Gasteiger partial charge < -0.3 is 5.32 Å². The minimum absolute atomic E-state index is 0.137. The number of carbonyl (C=O) groups excluding carboxylic acids is 1. The van der Waals surface area contributed by atoms with E-state index in [-0.39, 0.29) is 11.4 Å². The van der Waals surface area contributed by atoms with E-state index < -0.39 is 15.9 Å². The molecule has 1 N–H and O–H groups in total. The van der Waals surface area contributed by atoms with Crippen molar-refractivity contribution in [1.82, 2.24) is 0 Å². The summed E-state index contributed by atoms with van der Waals surface area (Å²) >= 11 is 2.15. The van der Waals surface area contributed by atoms with Gasteiger partial charge in [0.2, 0.25) is 5.91 Å². The maximum atomic E-state index is 13.3. The largest absolute Gasteiger partial charge is 0.324 e. The Morgan fingerprint density at radius 3 is 2.07 bits per heavy atom. The predicted molar refractivity (Wildman–Crippen MR) is 125 cm³/mol. The van der Waals surface area contributed by atoms with Crippen LogP contribution in [0.15, 0.2) is 77.7 Å². The third-order valence-corrected chi connectivity index (χ3v) is 6.99. The van der Waals surface area contributed by atoms with Crippen LogP contribution in [-0.2, 0) is 14.8 Å². The normalized spacial score (nSPS) is 11.1. The average molecular weight is 520 g/mol. The van der Waals surface area contributed by atoms with E-state index in [1.165, 1.54) is 12.1 Å². The Labute approximate surface area is 184 Å². The molecule has 29 heavy (non-hydrogen) atoms. The molecule has 5 nitrogen and oxygen atoms in total. The van der Waals surface area contributed by atoms with Crippen molar-refractivity contribution in [3.8, 4) is 0 Å². The third-order valence-electron chi connectivity index (χ3n) is 4.48. The zero-order valence-electron chi connectivity index (χ0n) is 16.1. The monoisotopic (exact) mass is 520 g/mol. The molecule has 0 bridgehead atoms. The van der Waals surface area contributed by atoms with Crippen LogP contribution in [0.4, 0.5) is 11.4 Å². The number of hydrogen-bond acceptors (Lipinski definition) is 3. The maximum Gasteiger partial charge on any atom is 0.264 e. The van der Waals surface area contributed by atoms with Crippen LogP contribution in [0.5, 0.6) is 0 Å². The van der Waals surface area contributed by atoms with Gasteiger partial charge in [0.05, 0.1) is 10.6 Å². The lowest BCUT2D eigenvalue weighted by molar-refractivity contribution is -0.114. The summed E-state index contributed by atoms with van der Waals surface area (Å²) in [4.78, 5) is 13.0. The molecule has 3 aromatic carbocycles. The fourth-order valence-corrected chi connectivity index (χ4v) is 4.76. The summed E-state index contributed by atoms with van der Waals surface area (Å²) in [5.74, 6) is -0.402. The number of nitrogens with zero attached hydrogens (tertiary/aromatic N) is 1. The molecule has 0 atom stereocenters. The molecule has 0 aromatic heterocycles. The molecule has 0 spiro atoms. The summed E-state index contributed by atoms with van der Waals surface area (Å²) in [5.41, 5.74) is 2.98. The summed E-state index contributed by atoms with van der Waals surface area (Å²) < 4.78 is 28.7. The first-order valence-electron chi connectivity index (χ1n) is 8.98. The fourth-order valence-electron chi connectivity index (χ4n) is 2.96. The van der Waals surface area contributed by atoms with E-state index in [1.807, 2.05) is 44.2 Å². The molecule has 3 aromatic rings. The Bertz CT molecular complexity index is 1090. The quantitative estimate of drug-likeness (QED) is 0.478. The van der Waals surface area contributed by atoms with Crippen LogP contribution in [0.3, 0.4) is 0 Å². The number of hydrogen-bond donors (Lipinski definition) is 1. The van der Waals surface area contributed by atoms with Gasteiger partial charge in [0.15, 0.2) is 0 Å². The van der Waals surface area contributed by atoms with E-state index >= 15 is 0 Å². The van der Waals surface area contributed by atoms with Crippen LogP contribution in [0.1, 0.15) is 11.1 Å². The van der Waals surface area contributed by atoms with Crippen molar-refractivity contribution in [2.45, 2.75) is 18.7 Å². The smallest absolute Gasteiger partial charge is 0.264 e. The summed E-state index contributed by atoms with van der Waals surface area (Å²) in [6.07, 6.45) is 0. The first kappa shape index (κ1) is 21.3. The lowest BCUT2D eigenvalue weighted by atomic mass is 10.1. The second-order valence-electron chi connectivity index (χ2n) is 6.62. The predicted octanol–water partition coefficient (Wildman–Crippen LogP) is 4.74. The summed E-state index contributed by atoms with van der Waals surface area (Å²) in [5, 5.41) is 2.87. The van der Waals surface area contributed by atoms with Gasteiger partial charge in [-0.3, -0.25) is 9.10 Å². The SMILES string of the molecule is Cc1cccc(C)c1NC(=O)CN(c1ccc(I)cc1)S(=O)(=O)c1ccccc1. The number of para-hydroxylation sites is 1. The molecule has 0 fully saturated rings. The standard InChI is InChI=1S/C22H21IN2O3S/c1-16-7-6-8-17(2)22(16)24-21(26)15-25(19-13-11-18(23)12-14-19)29(27,28)20-9-4-3-5-10-20/h3-14H,15H2,1-2H3,(H,24,26). The van der Waals surface area contributed by atoms with Crippen LogP contribution in [-0.4, -0.2) is 20.9 Å². The molecule has 150 valence electrons. The zero-order chi connectivity index (χ0) is 21.0. The lowest BCUT2D eigenvalue weighted by Crippen LogP contribution is -2.38. The van der Waals surface area contributed by atoms with Crippen molar-refractivity contribution in [3.05, 3.63) is 87.5 Å². The summed E-state index contributed by atoms with van der Waals surface area (Å²) in [7, 11) is -3.90. The Balaban J connectivity index is 1.96. The Kier molecular flexibility index (Phi) is 6.59. The van der Waals surface area contributed by atoms with Crippen molar-refractivity contribution in [2.75, 3.05) is 16.2 Å². The highest BCUT2D eigenvalue weighted by Gasteiger charge is 2.27. The highest BCUT2D eigenvalue weighted by Crippen LogP contribution is 2.25. The van der Waals surface area contributed by atoms with Crippen LogP contribution in [0.2, 0.25) is 0 Å². The number of nitrogens with one attached hydrogen (secondary N) is 1. The molecule has 0 aliphatic heterocycles. The highest BCUT2D eigenvalue weighted by molar-refractivity contribution is 14.1. The minimum Gasteiger partial charge on any atom is -0.324 e. The van der Waals surface area contributed by atoms with Gasteiger partial charge in [-0.2, -0.15) is 0 Å². The van der Waals surface area contributed by atoms with Crippen molar-refractivity contribution in [2.24, 2.45) is 0 Å². The van der Waals surface area contributed by atoms with Gasteiger partial charge in [-0.15, -0.1) is 0 Å². The second kappa shape index (κ2) is 8.96. The van der Waals surface area contributed by atoms with Gasteiger partial charge in [-0.05, 0) is 84.0 Å². The number of halogens is 1. The number of anilines is 2. The van der Waals surface area contributed by atoms with E-state index in [9.17, 15) is 13.2 Å². The van der Waals surface area contributed by atoms with Gasteiger partial charge in [0.25, 0.3) is 10.0 Å². The zero-order valence-corrected chi connectivity index (χ0v) is 19.1. The van der Waals surface area contributed by atoms with Gasteiger partial charge in [0.1, 0.15) is 6.54 Å². The van der Waals surface area contributed by atoms with Crippen molar-refractivity contribution in [3.63, 3.8) is 0 Å². The van der Waals surface area contributed by atoms with Crippen LogP contribution >= 0.6 is 22.6 Å². The molecule has 0 aliphatic rings. The first-order valence-corrected chi connectivity index (χ1v) is 11.5. The number of aryl methyl sites for hydroxylation is 2. The molecule has 0 saturated carbocycles. The molecule has 3 rings (SSSR count). The van der Waals surface area contributed by atoms with Gasteiger partial charge in [0, 0.05) is 9.26 Å². The molecule has 0 aliphatic carbocycles. The third kappa shape index (κ3) is 4.97. The number of sulfonamides is 1. The summed E-state index contributed by atoms with van der Waals surface area (Å²) in [6, 6.07) is 20.9. The van der Waals surface area contributed by atoms with Crippen molar-refractivity contribution < 1.29 is 13.2 Å². The lowest BCUT2D eigenvalue weighted by Gasteiger charge is -2.24. The van der Waals surface area contributed by atoms with Gasteiger partial charge in [-0.1, -0.05) is 36.4 Å². The molecule has 0 radical (unpaired) electrons. The molecule has 0 heterocycles. The first-order chi connectivity index (χ1) is 13.8. The van der Waals surface area contributed by atoms with E-state index in [0.717, 1.165) is 19.0 Å². The van der Waals surface area contributed by atoms with Crippen molar-refractivity contribution in [1.29, 1.82) is 0 Å². The molecular formula is C22H21IN2O3S. The molecule has 1 amide bonds. The van der Waals surface area contributed by atoms with E-state index in [1.54, 1.807) is 30.3 Å². The molecular weight excluding hydrogens is 499 g/mol. The van der Waals surface area contributed by atoms with E-state index in [4.69, 9.17) is 0 Å². The van der Waals surface area contributed by atoms with Crippen LogP contribution in [0.25, 0.3) is 0 Å². The highest BCUT2D eigenvalue weighted by atomic mass is 127. The topological polar surface area (TPSA) is 66.5 Å². The van der Waals surface area contributed by atoms with Crippen LogP contribution in [0, 0.1) is 17.4 Å². The number of amides is 1. The Hall–Kier alpha value is -2.39. The number of rotatable bonds is 6. The molecule has 0 unspecified atom stereocenters. The fraction of sp³-hybridized carbons (Fsp3) is 0.136. The Morgan fingerprint density at radius 2 is 1.48 bits per heavy atom. The number of carbonyl (C=O) groups is 1. The van der Waals surface area contributed by atoms with Crippen LogP contribution < -0.4 is 9.62 Å². The average Bonchev–Trinajstić information content (AvgIpc) is 2.70. The molecule has 7 heteroatoms. The Morgan fingerprint density at radius 1 is 0.897 bits per heavy atom. The van der Waals surface area contributed by atoms with E-state index in [2.05, 4.69) is 27.9 Å². The maximum absolute atomic E-state index is 13.3. The van der Waals surface area contributed by atoms with E-state index in [0.29, 0.717) is 11.4 Å². The minimum atomic E-state index is -3.90. The summed E-state index contributed by atoms with van der Waals surface area (Å²) in [6.45, 7) is 3.48. The number of benzene rings is 3. The van der Waals surface area contributed by atoms with Gasteiger partial charge >= 0.3 is 0 Å². The molecule has 0 saturated heterocycles.